The van der Waals surface area contributed by atoms with Crippen LogP contribution >= 0.6 is 15.9 Å². The van der Waals surface area contributed by atoms with Crippen LogP contribution in [0.15, 0.2) is 24.3 Å². The van der Waals surface area contributed by atoms with Crippen molar-refractivity contribution in [3.05, 3.63) is 35.6 Å². The molecule has 1 unspecified atom stereocenters. The van der Waals surface area contributed by atoms with Gasteiger partial charge < -0.3 is 4.74 Å². The Balaban J connectivity index is 2.74. The van der Waals surface area contributed by atoms with Crippen molar-refractivity contribution in [2.75, 3.05) is 5.33 Å². The van der Waals surface area contributed by atoms with Crippen molar-refractivity contribution in [3.63, 3.8) is 0 Å². The van der Waals surface area contributed by atoms with E-state index in [1.165, 1.54) is 12.1 Å². The normalized spacial score (nSPS) is 13.1. The fraction of sp³-hybridized carbons (Fsp3) is 0.538. The van der Waals surface area contributed by atoms with E-state index in [0.29, 0.717) is 5.33 Å². The van der Waals surface area contributed by atoms with Gasteiger partial charge in [0.25, 0.3) is 0 Å². The maximum Gasteiger partial charge on any atom is 0.123 e. The molecule has 1 aromatic carbocycles. The van der Waals surface area contributed by atoms with Gasteiger partial charge in [0.1, 0.15) is 5.82 Å². The van der Waals surface area contributed by atoms with E-state index in [-0.39, 0.29) is 18.0 Å². The molecule has 0 aliphatic rings. The average molecular weight is 289 g/mol. The Hall–Kier alpha value is -0.410. The molecule has 0 spiro atoms. The molecule has 0 fully saturated rings. The van der Waals surface area contributed by atoms with Crippen molar-refractivity contribution in [1.29, 1.82) is 0 Å². The molecule has 0 heterocycles. The van der Waals surface area contributed by atoms with Crippen molar-refractivity contribution < 1.29 is 9.13 Å². The standard InChI is InChI=1S/C13H18BrFO/c1-3-12(4-2)16-13(9-14)10-6-5-7-11(15)8-10/h5-8,12-13H,3-4,9H2,1-2H3. The summed E-state index contributed by atoms with van der Waals surface area (Å²) < 4.78 is 19.0. The third-order valence-electron chi connectivity index (χ3n) is 2.63. The molecular weight excluding hydrogens is 271 g/mol. The molecule has 0 aromatic heterocycles. The van der Waals surface area contributed by atoms with Crippen LogP contribution < -0.4 is 0 Å². The monoisotopic (exact) mass is 288 g/mol. The van der Waals surface area contributed by atoms with Gasteiger partial charge in [-0.3, -0.25) is 0 Å². The highest BCUT2D eigenvalue weighted by Crippen LogP contribution is 2.23. The largest absolute Gasteiger partial charge is 0.369 e. The Bertz CT molecular complexity index is 313. The van der Waals surface area contributed by atoms with E-state index in [4.69, 9.17) is 4.74 Å². The van der Waals surface area contributed by atoms with Gasteiger partial charge in [0, 0.05) is 5.33 Å². The quantitative estimate of drug-likeness (QED) is 0.702. The van der Waals surface area contributed by atoms with Crippen LogP contribution in [0.1, 0.15) is 38.4 Å². The maximum absolute atomic E-state index is 13.1. The minimum absolute atomic E-state index is 0.0689. The minimum atomic E-state index is -0.211. The molecule has 90 valence electrons. The minimum Gasteiger partial charge on any atom is -0.369 e. The van der Waals surface area contributed by atoms with Gasteiger partial charge >= 0.3 is 0 Å². The molecule has 0 aliphatic carbocycles. The summed E-state index contributed by atoms with van der Waals surface area (Å²) in [6.07, 6.45) is 2.14. The van der Waals surface area contributed by atoms with Gasteiger partial charge in [-0.2, -0.15) is 0 Å². The zero-order chi connectivity index (χ0) is 12.0. The summed E-state index contributed by atoms with van der Waals surface area (Å²) in [6, 6.07) is 6.61. The average Bonchev–Trinajstić information content (AvgIpc) is 2.31. The summed E-state index contributed by atoms with van der Waals surface area (Å²) in [5.41, 5.74) is 0.892. The Labute approximate surface area is 105 Å². The number of hydrogen-bond donors (Lipinski definition) is 0. The number of halogens is 2. The Kier molecular flexibility index (Phi) is 5.99. The molecule has 0 aliphatic heterocycles. The number of hydrogen-bond acceptors (Lipinski definition) is 1. The maximum atomic E-state index is 13.1. The van der Waals surface area contributed by atoms with Crippen LogP contribution in [0.4, 0.5) is 4.39 Å². The molecule has 0 amide bonds. The first-order valence-corrected chi connectivity index (χ1v) is 6.80. The molecule has 1 aromatic rings. The van der Waals surface area contributed by atoms with Gasteiger partial charge in [-0.1, -0.05) is 41.9 Å². The lowest BCUT2D eigenvalue weighted by atomic mass is 10.1. The summed E-state index contributed by atoms with van der Waals surface area (Å²) >= 11 is 3.42. The van der Waals surface area contributed by atoms with Crippen molar-refractivity contribution in [1.82, 2.24) is 0 Å². The van der Waals surface area contributed by atoms with Crippen LogP contribution in [0.25, 0.3) is 0 Å². The molecule has 0 saturated heterocycles. The number of rotatable bonds is 6. The van der Waals surface area contributed by atoms with E-state index in [1.54, 1.807) is 6.07 Å². The van der Waals surface area contributed by atoms with Gasteiger partial charge in [0.15, 0.2) is 0 Å². The fourth-order valence-electron chi connectivity index (χ4n) is 1.62. The summed E-state index contributed by atoms with van der Waals surface area (Å²) in [5.74, 6) is -0.211. The predicted molar refractivity (Wildman–Crippen MR) is 68.4 cm³/mol. The summed E-state index contributed by atoms with van der Waals surface area (Å²) in [6.45, 7) is 4.20. The highest BCUT2D eigenvalue weighted by atomic mass is 79.9. The molecule has 1 nitrogen and oxygen atoms in total. The van der Waals surface area contributed by atoms with Gasteiger partial charge in [0.05, 0.1) is 12.2 Å². The zero-order valence-electron chi connectivity index (χ0n) is 9.75. The van der Waals surface area contributed by atoms with E-state index >= 15 is 0 Å². The first-order valence-electron chi connectivity index (χ1n) is 5.68. The van der Waals surface area contributed by atoms with Crippen LogP contribution in [-0.4, -0.2) is 11.4 Å². The van der Waals surface area contributed by atoms with Gasteiger partial charge in [-0.05, 0) is 30.5 Å². The SMILES string of the molecule is CCC(CC)OC(CBr)c1cccc(F)c1. The third kappa shape index (κ3) is 3.87. The summed E-state index contributed by atoms with van der Waals surface area (Å²) in [7, 11) is 0. The zero-order valence-corrected chi connectivity index (χ0v) is 11.3. The Morgan fingerprint density at radius 3 is 2.50 bits per heavy atom. The molecule has 0 radical (unpaired) electrons. The first kappa shape index (κ1) is 13.7. The van der Waals surface area contributed by atoms with E-state index in [0.717, 1.165) is 18.4 Å². The molecular formula is C13H18BrFO. The second kappa shape index (κ2) is 7.02. The Morgan fingerprint density at radius 1 is 1.31 bits per heavy atom. The number of benzene rings is 1. The van der Waals surface area contributed by atoms with E-state index in [2.05, 4.69) is 29.8 Å². The van der Waals surface area contributed by atoms with Crippen LogP contribution in [0.5, 0.6) is 0 Å². The van der Waals surface area contributed by atoms with Gasteiger partial charge in [-0.25, -0.2) is 4.39 Å². The number of ether oxygens (including phenoxy) is 1. The summed E-state index contributed by atoms with van der Waals surface area (Å²) in [4.78, 5) is 0. The van der Waals surface area contributed by atoms with Crippen molar-refractivity contribution in [2.24, 2.45) is 0 Å². The molecule has 0 N–H and O–H groups in total. The first-order chi connectivity index (χ1) is 7.71. The summed E-state index contributed by atoms with van der Waals surface area (Å²) in [5, 5.41) is 0.687. The van der Waals surface area contributed by atoms with E-state index < -0.39 is 0 Å². The molecule has 3 heteroatoms. The van der Waals surface area contributed by atoms with Crippen LogP contribution in [0.3, 0.4) is 0 Å². The fourth-order valence-corrected chi connectivity index (χ4v) is 2.15. The smallest absolute Gasteiger partial charge is 0.123 e. The van der Waals surface area contributed by atoms with Gasteiger partial charge in [-0.15, -0.1) is 0 Å². The lowest BCUT2D eigenvalue weighted by Gasteiger charge is -2.22. The lowest BCUT2D eigenvalue weighted by molar-refractivity contribution is -0.00406. The van der Waals surface area contributed by atoms with Crippen molar-refractivity contribution in [3.8, 4) is 0 Å². The number of alkyl halides is 1. The topological polar surface area (TPSA) is 9.23 Å². The van der Waals surface area contributed by atoms with Crippen LogP contribution in [0, 0.1) is 5.82 Å². The molecule has 0 saturated carbocycles. The highest BCUT2D eigenvalue weighted by Gasteiger charge is 2.15. The molecule has 16 heavy (non-hydrogen) atoms. The van der Waals surface area contributed by atoms with Gasteiger partial charge in [0.2, 0.25) is 0 Å². The predicted octanol–water partition coefficient (Wildman–Crippen LogP) is 4.47. The van der Waals surface area contributed by atoms with Crippen LogP contribution in [-0.2, 0) is 4.74 Å². The molecule has 0 bridgehead atoms. The second-order valence-electron chi connectivity index (χ2n) is 3.77. The molecule has 1 rings (SSSR count). The second-order valence-corrected chi connectivity index (χ2v) is 4.42. The lowest BCUT2D eigenvalue weighted by Crippen LogP contribution is -2.16. The molecule has 1 atom stereocenters. The van der Waals surface area contributed by atoms with Crippen LogP contribution in [0.2, 0.25) is 0 Å². The van der Waals surface area contributed by atoms with E-state index in [9.17, 15) is 4.39 Å². The Morgan fingerprint density at radius 2 is 2.00 bits per heavy atom. The highest BCUT2D eigenvalue weighted by molar-refractivity contribution is 9.09. The van der Waals surface area contributed by atoms with E-state index in [1.807, 2.05) is 6.07 Å². The van der Waals surface area contributed by atoms with Crippen molar-refractivity contribution in [2.45, 2.75) is 38.9 Å². The third-order valence-corrected chi connectivity index (χ3v) is 3.22. The van der Waals surface area contributed by atoms with Crippen molar-refractivity contribution >= 4 is 15.9 Å².